The van der Waals surface area contributed by atoms with Crippen LogP contribution in [0.2, 0.25) is 0 Å². The van der Waals surface area contributed by atoms with Gasteiger partial charge in [0.2, 0.25) is 0 Å². The lowest BCUT2D eigenvalue weighted by Crippen LogP contribution is -2.40. The van der Waals surface area contributed by atoms with E-state index < -0.39 is 0 Å². The van der Waals surface area contributed by atoms with Crippen molar-refractivity contribution >= 4 is 17.5 Å². The number of pyridine rings is 1. The second-order valence-corrected chi connectivity index (χ2v) is 6.65. The van der Waals surface area contributed by atoms with Gasteiger partial charge in [-0.05, 0) is 42.5 Å². The molecular formula is C20H25N5. The summed E-state index contributed by atoms with van der Waals surface area (Å²) in [4.78, 5) is 13.7. The van der Waals surface area contributed by atoms with Crippen LogP contribution in [0.25, 0.3) is 0 Å². The third-order valence-electron chi connectivity index (χ3n) is 5.04. The van der Waals surface area contributed by atoms with Gasteiger partial charge in [-0.25, -0.2) is 4.98 Å². The van der Waals surface area contributed by atoms with Crippen molar-refractivity contribution in [2.45, 2.75) is 25.8 Å². The second kappa shape index (κ2) is 7.13. The highest BCUT2D eigenvalue weighted by atomic mass is 15.3. The summed E-state index contributed by atoms with van der Waals surface area (Å²) in [5.41, 5.74) is 3.83. The molecule has 1 N–H and O–H groups in total. The van der Waals surface area contributed by atoms with E-state index in [1.807, 2.05) is 13.2 Å². The Hall–Kier alpha value is -2.56. The normalized spacial score (nSPS) is 17.1. The molecule has 2 aromatic rings. The van der Waals surface area contributed by atoms with Gasteiger partial charge in [-0.15, -0.1) is 0 Å². The van der Waals surface area contributed by atoms with Crippen molar-refractivity contribution < 1.29 is 0 Å². The molecule has 1 aromatic carbocycles. The van der Waals surface area contributed by atoms with Crippen LogP contribution in [0.5, 0.6) is 0 Å². The van der Waals surface area contributed by atoms with E-state index in [-0.39, 0.29) is 0 Å². The van der Waals surface area contributed by atoms with Gasteiger partial charge in [0.1, 0.15) is 5.82 Å². The van der Waals surface area contributed by atoms with Gasteiger partial charge < -0.3 is 15.1 Å². The van der Waals surface area contributed by atoms with Crippen molar-refractivity contribution in [3.8, 4) is 0 Å². The average Bonchev–Trinajstić information content (AvgIpc) is 3.33. The van der Waals surface area contributed by atoms with Gasteiger partial charge in [-0.1, -0.05) is 24.3 Å². The highest BCUT2D eigenvalue weighted by Gasteiger charge is 2.22. The van der Waals surface area contributed by atoms with Gasteiger partial charge in [-0.3, -0.25) is 4.99 Å². The Morgan fingerprint density at radius 3 is 2.72 bits per heavy atom. The zero-order valence-corrected chi connectivity index (χ0v) is 14.8. The summed E-state index contributed by atoms with van der Waals surface area (Å²) >= 11 is 0. The Bertz CT molecular complexity index is 747. The van der Waals surface area contributed by atoms with E-state index in [2.05, 4.69) is 61.5 Å². The molecule has 0 aliphatic carbocycles. The van der Waals surface area contributed by atoms with E-state index in [0.717, 1.165) is 44.4 Å². The van der Waals surface area contributed by atoms with Crippen LogP contribution in [0.4, 0.5) is 11.5 Å². The summed E-state index contributed by atoms with van der Waals surface area (Å²) < 4.78 is 0. The van der Waals surface area contributed by atoms with E-state index in [0.29, 0.717) is 0 Å². The summed E-state index contributed by atoms with van der Waals surface area (Å²) in [6.07, 6.45) is 5.60. The maximum Gasteiger partial charge on any atom is 0.198 e. The smallest absolute Gasteiger partial charge is 0.198 e. The fourth-order valence-corrected chi connectivity index (χ4v) is 3.69. The lowest BCUT2D eigenvalue weighted by atomic mass is 10.2. The first kappa shape index (κ1) is 15.9. The van der Waals surface area contributed by atoms with Crippen molar-refractivity contribution in [1.82, 2.24) is 10.3 Å². The fraction of sp³-hybridized carbons (Fsp3) is 0.400. The number of rotatable bonds is 3. The van der Waals surface area contributed by atoms with Gasteiger partial charge in [0.15, 0.2) is 5.96 Å². The fourth-order valence-electron chi connectivity index (χ4n) is 3.69. The molecule has 2 aliphatic rings. The molecule has 4 rings (SSSR count). The monoisotopic (exact) mass is 335 g/mol. The third kappa shape index (κ3) is 3.31. The van der Waals surface area contributed by atoms with Crippen LogP contribution >= 0.6 is 0 Å². The van der Waals surface area contributed by atoms with Crippen LogP contribution in [-0.4, -0.2) is 37.6 Å². The Morgan fingerprint density at radius 2 is 1.96 bits per heavy atom. The van der Waals surface area contributed by atoms with Gasteiger partial charge in [0.05, 0.1) is 0 Å². The number of guanidine groups is 1. The minimum atomic E-state index is 0.735. The van der Waals surface area contributed by atoms with Crippen LogP contribution < -0.4 is 15.1 Å². The Labute approximate surface area is 149 Å². The molecule has 130 valence electrons. The summed E-state index contributed by atoms with van der Waals surface area (Å²) in [7, 11) is 1.85. The topological polar surface area (TPSA) is 43.8 Å². The number of nitrogens with one attached hydrogen (secondary N) is 1. The zero-order valence-electron chi connectivity index (χ0n) is 14.8. The summed E-state index contributed by atoms with van der Waals surface area (Å²) in [5.74, 6) is 2.02. The zero-order chi connectivity index (χ0) is 17.1. The molecule has 1 saturated heterocycles. The van der Waals surface area contributed by atoms with Crippen LogP contribution in [0, 0.1) is 0 Å². The Balaban J connectivity index is 1.40. The van der Waals surface area contributed by atoms with Crippen molar-refractivity contribution in [2.75, 3.05) is 36.5 Å². The molecule has 0 atom stereocenters. The molecule has 0 bridgehead atoms. The Morgan fingerprint density at radius 1 is 1.12 bits per heavy atom. The number of anilines is 2. The summed E-state index contributed by atoms with van der Waals surface area (Å²) in [6.45, 7) is 3.97. The van der Waals surface area contributed by atoms with E-state index >= 15 is 0 Å². The molecule has 5 heteroatoms. The average molecular weight is 335 g/mol. The maximum atomic E-state index is 4.63. The van der Waals surface area contributed by atoms with Crippen molar-refractivity contribution in [3.63, 3.8) is 0 Å². The molecule has 0 amide bonds. The molecule has 1 aromatic heterocycles. The van der Waals surface area contributed by atoms with Crippen LogP contribution in [0.3, 0.4) is 0 Å². The molecule has 0 spiro atoms. The first-order valence-electron chi connectivity index (χ1n) is 9.11. The molecule has 3 heterocycles. The Kier molecular flexibility index (Phi) is 4.55. The molecule has 25 heavy (non-hydrogen) atoms. The highest BCUT2D eigenvalue weighted by molar-refractivity contribution is 5.97. The molecule has 0 saturated carbocycles. The summed E-state index contributed by atoms with van der Waals surface area (Å²) in [6, 6.07) is 12.9. The van der Waals surface area contributed by atoms with Gasteiger partial charge in [0, 0.05) is 45.1 Å². The quantitative estimate of drug-likeness (QED) is 0.692. The van der Waals surface area contributed by atoms with Gasteiger partial charge in [-0.2, -0.15) is 0 Å². The lowest BCUT2D eigenvalue weighted by Gasteiger charge is -2.22. The number of nitrogens with zero attached hydrogens (tertiary/aromatic N) is 4. The first-order valence-corrected chi connectivity index (χ1v) is 9.11. The molecule has 1 fully saturated rings. The number of hydrogen-bond acceptors (Lipinski definition) is 3. The van der Waals surface area contributed by atoms with Crippen LogP contribution in [0.1, 0.15) is 24.0 Å². The highest BCUT2D eigenvalue weighted by Crippen LogP contribution is 2.27. The molecule has 2 aliphatic heterocycles. The van der Waals surface area contributed by atoms with Gasteiger partial charge in [0.25, 0.3) is 0 Å². The predicted molar refractivity (Wildman–Crippen MR) is 103 cm³/mol. The number of hydrogen-bond donors (Lipinski definition) is 1. The molecule has 0 radical (unpaired) electrons. The van der Waals surface area contributed by atoms with Crippen LogP contribution in [-0.2, 0) is 13.0 Å². The van der Waals surface area contributed by atoms with Crippen molar-refractivity contribution in [2.24, 2.45) is 4.99 Å². The van der Waals surface area contributed by atoms with Gasteiger partial charge >= 0.3 is 0 Å². The molecular weight excluding hydrogens is 310 g/mol. The third-order valence-corrected chi connectivity index (χ3v) is 5.04. The minimum absolute atomic E-state index is 0.735. The number of para-hydroxylation sites is 1. The number of fused-ring (bicyclic) bond motifs is 1. The summed E-state index contributed by atoms with van der Waals surface area (Å²) in [5, 5.41) is 3.48. The molecule has 5 nitrogen and oxygen atoms in total. The lowest BCUT2D eigenvalue weighted by molar-refractivity contribution is 0.858. The van der Waals surface area contributed by atoms with Crippen molar-refractivity contribution in [3.05, 3.63) is 53.7 Å². The minimum Gasteiger partial charge on any atom is -0.357 e. The van der Waals surface area contributed by atoms with E-state index in [9.17, 15) is 0 Å². The first-order chi connectivity index (χ1) is 12.3. The maximum absolute atomic E-state index is 4.63. The predicted octanol–water partition coefficient (Wildman–Crippen LogP) is 2.82. The standard InChI is InChI=1S/C20H25N5/c1-21-20(25-13-10-17-6-2-3-7-18(17)25)23-15-16-8-9-19(22-14-16)24-11-4-5-12-24/h2-3,6-9,14H,4-5,10-13,15H2,1H3,(H,21,23). The van der Waals surface area contributed by atoms with E-state index in [4.69, 9.17) is 0 Å². The number of aliphatic imine (C=N–C) groups is 1. The SMILES string of the molecule is CN=C(NCc1ccc(N2CCCC2)nc1)N1CCc2ccccc21. The van der Waals surface area contributed by atoms with Crippen molar-refractivity contribution in [1.29, 1.82) is 0 Å². The number of aromatic nitrogens is 1. The largest absolute Gasteiger partial charge is 0.357 e. The number of benzene rings is 1. The van der Waals surface area contributed by atoms with E-state index in [1.165, 1.54) is 29.7 Å². The van der Waals surface area contributed by atoms with E-state index in [1.54, 1.807) is 0 Å². The molecule has 0 unspecified atom stereocenters. The van der Waals surface area contributed by atoms with Crippen LogP contribution in [0.15, 0.2) is 47.6 Å². The second-order valence-electron chi connectivity index (χ2n) is 6.65.